The number of carbonyl (C=O) groups is 1. The first-order valence-corrected chi connectivity index (χ1v) is 16.2. The number of phenolic OH excluding ortho intramolecular Hbond substituents is 3. The lowest BCUT2D eigenvalue weighted by molar-refractivity contribution is 0.0730. The van der Waals surface area contributed by atoms with E-state index < -0.39 is 53.7 Å². The number of aromatic hydroxyl groups is 3. The standard InChI is InChI=1S/C30H29N3O8S2/c34-27-25(18-26(28(35)29(27)36)43(40,41)32-23-9-5-2-6-10-23)30(37)33-16-14-21-11-12-24(17-22(21)19-33)42(38,39)31-15-13-20-7-3-1-4-8-20/h1-12,17-18,31-32,34-36H,13-16,19H2. The van der Waals surface area contributed by atoms with Crippen molar-refractivity contribution in [2.24, 2.45) is 0 Å². The van der Waals surface area contributed by atoms with Gasteiger partial charge in [0.15, 0.2) is 11.5 Å². The highest BCUT2D eigenvalue weighted by atomic mass is 32.2. The van der Waals surface area contributed by atoms with Gasteiger partial charge in [0.2, 0.25) is 15.8 Å². The normalized spacial score (nSPS) is 13.3. The van der Waals surface area contributed by atoms with Gasteiger partial charge in [-0.25, -0.2) is 21.6 Å². The SMILES string of the molecule is O=C(c1cc(S(=O)(=O)Nc2ccccc2)c(O)c(O)c1O)N1CCc2ccc(S(=O)(=O)NCCc3ccccc3)cc2C1. The zero-order chi connectivity index (χ0) is 30.8. The quantitative estimate of drug-likeness (QED) is 0.177. The van der Waals surface area contributed by atoms with Crippen molar-refractivity contribution in [2.45, 2.75) is 29.2 Å². The number of fused-ring (bicyclic) bond motifs is 1. The van der Waals surface area contributed by atoms with Gasteiger partial charge in [-0.2, -0.15) is 0 Å². The molecule has 1 aliphatic heterocycles. The second-order valence-corrected chi connectivity index (χ2v) is 13.4. The number of hydrogen-bond donors (Lipinski definition) is 5. The maximum atomic E-state index is 13.5. The summed E-state index contributed by atoms with van der Waals surface area (Å²) in [7, 11) is -8.33. The first-order valence-electron chi connectivity index (χ1n) is 13.3. The maximum Gasteiger partial charge on any atom is 0.265 e. The van der Waals surface area contributed by atoms with Gasteiger partial charge in [-0.05, 0) is 59.9 Å². The van der Waals surface area contributed by atoms with E-state index in [0.29, 0.717) is 18.4 Å². The first-order chi connectivity index (χ1) is 20.5. The number of benzene rings is 4. The van der Waals surface area contributed by atoms with Gasteiger partial charge in [-0.3, -0.25) is 9.52 Å². The summed E-state index contributed by atoms with van der Waals surface area (Å²) >= 11 is 0. The molecule has 0 saturated heterocycles. The third-order valence-corrected chi connectivity index (χ3v) is 9.95. The highest BCUT2D eigenvalue weighted by molar-refractivity contribution is 7.92. The molecule has 4 aromatic rings. The second kappa shape index (κ2) is 12.0. The molecule has 0 radical (unpaired) electrons. The molecule has 43 heavy (non-hydrogen) atoms. The molecule has 0 fully saturated rings. The molecule has 5 N–H and O–H groups in total. The van der Waals surface area contributed by atoms with Crippen LogP contribution in [-0.2, 0) is 39.4 Å². The Kier molecular flexibility index (Phi) is 8.31. The second-order valence-electron chi connectivity index (χ2n) is 9.98. The Morgan fingerprint density at radius 3 is 2.14 bits per heavy atom. The molecule has 5 rings (SSSR count). The van der Waals surface area contributed by atoms with Crippen LogP contribution in [0.3, 0.4) is 0 Å². The lowest BCUT2D eigenvalue weighted by atomic mass is 9.99. The van der Waals surface area contributed by atoms with Crippen molar-refractivity contribution in [2.75, 3.05) is 17.8 Å². The van der Waals surface area contributed by atoms with Gasteiger partial charge in [0, 0.05) is 25.3 Å². The molecule has 11 nitrogen and oxygen atoms in total. The molecule has 0 spiro atoms. The topological polar surface area (TPSA) is 173 Å². The maximum absolute atomic E-state index is 13.5. The van der Waals surface area contributed by atoms with E-state index in [0.717, 1.165) is 17.2 Å². The van der Waals surface area contributed by atoms with Crippen LogP contribution in [-0.4, -0.2) is 56.1 Å². The number of sulfonamides is 2. The van der Waals surface area contributed by atoms with Crippen molar-refractivity contribution >= 4 is 31.6 Å². The lowest BCUT2D eigenvalue weighted by Crippen LogP contribution is -2.36. The monoisotopic (exact) mass is 623 g/mol. The highest BCUT2D eigenvalue weighted by Gasteiger charge is 2.31. The van der Waals surface area contributed by atoms with Crippen LogP contribution < -0.4 is 9.44 Å². The minimum atomic E-state index is -4.48. The third kappa shape index (κ3) is 6.43. The Bertz CT molecular complexity index is 1880. The number of carbonyl (C=O) groups excluding carboxylic acids is 1. The molecule has 1 aliphatic rings. The van der Waals surface area contributed by atoms with E-state index in [-0.39, 0.29) is 30.2 Å². The molecule has 4 aromatic carbocycles. The molecule has 0 aliphatic carbocycles. The molecule has 0 atom stereocenters. The van der Waals surface area contributed by atoms with E-state index in [2.05, 4.69) is 9.44 Å². The van der Waals surface area contributed by atoms with Crippen molar-refractivity contribution in [1.29, 1.82) is 0 Å². The summed E-state index contributed by atoms with van der Waals surface area (Å²) < 4.78 is 56.9. The molecule has 1 amide bonds. The third-order valence-electron chi connectivity index (χ3n) is 7.09. The highest BCUT2D eigenvalue weighted by Crippen LogP contribution is 2.43. The Hall–Kier alpha value is -4.59. The Morgan fingerprint density at radius 2 is 1.44 bits per heavy atom. The molecule has 224 valence electrons. The molecule has 0 saturated carbocycles. The van der Waals surface area contributed by atoms with Gasteiger partial charge in [-0.1, -0.05) is 54.6 Å². The number of nitrogens with one attached hydrogen (secondary N) is 2. The number of para-hydroxylation sites is 1. The summed E-state index contributed by atoms with van der Waals surface area (Å²) in [4.78, 5) is 14.0. The summed E-state index contributed by atoms with van der Waals surface area (Å²) in [6.45, 7) is 0.341. The molecule has 0 bridgehead atoms. The summed E-state index contributed by atoms with van der Waals surface area (Å²) in [5.74, 6) is -4.07. The Labute approximate surface area is 249 Å². The van der Waals surface area contributed by atoms with Crippen LogP contribution >= 0.6 is 0 Å². The zero-order valence-electron chi connectivity index (χ0n) is 22.8. The van der Waals surface area contributed by atoms with E-state index >= 15 is 0 Å². The van der Waals surface area contributed by atoms with Crippen LogP contribution in [0.25, 0.3) is 0 Å². The number of phenols is 3. The molecule has 0 aromatic heterocycles. The largest absolute Gasteiger partial charge is 0.504 e. The van der Waals surface area contributed by atoms with Gasteiger partial charge < -0.3 is 20.2 Å². The number of amides is 1. The predicted molar refractivity (Wildman–Crippen MR) is 159 cm³/mol. The van der Waals surface area contributed by atoms with Crippen molar-refractivity contribution in [3.8, 4) is 17.2 Å². The Morgan fingerprint density at radius 1 is 0.767 bits per heavy atom. The molecular formula is C30H29N3O8S2. The van der Waals surface area contributed by atoms with Crippen molar-refractivity contribution in [3.63, 3.8) is 0 Å². The lowest BCUT2D eigenvalue weighted by Gasteiger charge is -2.29. The van der Waals surface area contributed by atoms with Gasteiger partial charge in [-0.15, -0.1) is 0 Å². The predicted octanol–water partition coefficient (Wildman–Crippen LogP) is 3.32. The van der Waals surface area contributed by atoms with Crippen molar-refractivity contribution < 1.29 is 36.9 Å². The fourth-order valence-corrected chi connectivity index (χ4v) is 7.07. The van der Waals surface area contributed by atoms with Crippen LogP contribution in [0.2, 0.25) is 0 Å². The molecule has 13 heteroatoms. The summed E-state index contributed by atoms with van der Waals surface area (Å²) in [6.07, 6.45) is 0.878. The summed E-state index contributed by atoms with van der Waals surface area (Å²) in [6, 6.07) is 22.7. The fourth-order valence-electron chi connectivity index (χ4n) is 4.81. The zero-order valence-corrected chi connectivity index (χ0v) is 24.4. The molecule has 0 unspecified atom stereocenters. The molecule has 1 heterocycles. The van der Waals surface area contributed by atoms with Gasteiger partial charge in [0.1, 0.15) is 4.90 Å². The van der Waals surface area contributed by atoms with Crippen LogP contribution in [0.1, 0.15) is 27.0 Å². The Balaban J connectivity index is 1.37. The number of anilines is 1. The van der Waals surface area contributed by atoms with E-state index in [1.165, 1.54) is 29.2 Å². The van der Waals surface area contributed by atoms with Crippen LogP contribution in [0.5, 0.6) is 17.2 Å². The number of nitrogens with zero attached hydrogens (tertiary/aromatic N) is 1. The van der Waals surface area contributed by atoms with E-state index in [1.54, 1.807) is 24.3 Å². The summed E-state index contributed by atoms with van der Waals surface area (Å²) in [5, 5.41) is 31.2. The van der Waals surface area contributed by atoms with Gasteiger partial charge >= 0.3 is 0 Å². The smallest absolute Gasteiger partial charge is 0.265 e. The number of rotatable bonds is 9. The van der Waals surface area contributed by atoms with E-state index in [9.17, 15) is 36.9 Å². The van der Waals surface area contributed by atoms with Crippen LogP contribution in [0.15, 0.2) is 94.7 Å². The van der Waals surface area contributed by atoms with Crippen LogP contribution in [0, 0.1) is 0 Å². The van der Waals surface area contributed by atoms with Crippen molar-refractivity contribution in [1.82, 2.24) is 9.62 Å². The van der Waals surface area contributed by atoms with Crippen LogP contribution in [0.4, 0.5) is 5.69 Å². The average molecular weight is 624 g/mol. The number of hydrogen-bond acceptors (Lipinski definition) is 8. The first kappa shape index (κ1) is 29.9. The summed E-state index contributed by atoms with van der Waals surface area (Å²) in [5.41, 5.74) is 2.01. The van der Waals surface area contributed by atoms with E-state index in [4.69, 9.17) is 0 Å². The minimum Gasteiger partial charge on any atom is -0.504 e. The fraction of sp³-hybridized carbons (Fsp3) is 0.167. The minimum absolute atomic E-state index is 0.0269. The molecular weight excluding hydrogens is 594 g/mol. The van der Waals surface area contributed by atoms with Gasteiger partial charge in [0.25, 0.3) is 15.9 Å². The average Bonchev–Trinajstić information content (AvgIpc) is 2.99. The van der Waals surface area contributed by atoms with Crippen molar-refractivity contribution in [3.05, 3.63) is 107 Å². The van der Waals surface area contributed by atoms with E-state index in [1.807, 2.05) is 30.3 Å². The van der Waals surface area contributed by atoms with Gasteiger partial charge in [0.05, 0.1) is 10.5 Å².